The van der Waals surface area contributed by atoms with Crippen LogP contribution in [0.15, 0.2) is 59.6 Å². The third-order valence-corrected chi connectivity index (χ3v) is 7.61. The second-order valence-electron chi connectivity index (χ2n) is 8.01. The zero-order valence-electron chi connectivity index (χ0n) is 16.1. The lowest BCUT2D eigenvalue weighted by Gasteiger charge is -2.23. The Bertz CT molecular complexity index is 1060. The van der Waals surface area contributed by atoms with Gasteiger partial charge in [-0.2, -0.15) is 0 Å². The Morgan fingerprint density at radius 3 is 2.37 bits per heavy atom. The van der Waals surface area contributed by atoms with E-state index in [1.807, 2.05) is 24.3 Å². The van der Waals surface area contributed by atoms with Crippen LogP contribution in [-0.4, -0.2) is 31.3 Å². The summed E-state index contributed by atoms with van der Waals surface area (Å²) >= 11 is 0. The minimum atomic E-state index is -3.50. The van der Waals surface area contributed by atoms with Gasteiger partial charge in [-0.05, 0) is 48.1 Å². The molecule has 3 aromatic rings. The predicted octanol–water partition coefficient (Wildman–Crippen LogP) is 4.64. The maximum atomic E-state index is 13.1. The lowest BCUT2D eigenvalue weighted by atomic mass is 9.95. The number of rotatable bonds is 6. The largest absolute Gasteiger partial charge is 0.361 e. The SMILES string of the molecule is CC(C)c1ccc(S(=O)(=O)N(C)CC2(c3c[nH]c4ccccc34)CC2)cc1. The summed E-state index contributed by atoms with van der Waals surface area (Å²) in [5, 5.41) is 1.20. The Morgan fingerprint density at radius 2 is 1.74 bits per heavy atom. The van der Waals surface area contributed by atoms with Crippen LogP contribution in [0.2, 0.25) is 0 Å². The number of sulfonamides is 1. The molecule has 0 unspecified atom stereocenters. The van der Waals surface area contributed by atoms with Gasteiger partial charge in [0.15, 0.2) is 0 Å². The van der Waals surface area contributed by atoms with E-state index >= 15 is 0 Å². The van der Waals surface area contributed by atoms with Crippen molar-refractivity contribution in [1.82, 2.24) is 9.29 Å². The molecule has 1 fully saturated rings. The van der Waals surface area contributed by atoms with Crippen LogP contribution in [0.3, 0.4) is 0 Å². The van der Waals surface area contributed by atoms with E-state index < -0.39 is 10.0 Å². The molecule has 0 radical (unpaired) electrons. The summed E-state index contributed by atoms with van der Waals surface area (Å²) in [6.45, 7) is 4.71. The highest BCUT2D eigenvalue weighted by molar-refractivity contribution is 7.89. The van der Waals surface area contributed by atoms with E-state index in [0.29, 0.717) is 17.4 Å². The Hall–Kier alpha value is -2.11. The van der Waals surface area contributed by atoms with E-state index in [1.54, 1.807) is 19.2 Å². The number of hydrogen-bond donors (Lipinski definition) is 1. The van der Waals surface area contributed by atoms with Crippen molar-refractivity contribution < 1.29 is 8.42 Å². The molecular weight excluding hydrogens is 356 g/mol. The molecule has 0 amide bonds. The van der Waals surface area contributed by atoms with Crippen LogP contribution < -0.4 is 0 Å². The normalized spacial score (nSPS) is 16.3. The standard InChI is InChI=1S/C22H26N2O2S/c1-16(2)17-8-10-18(11-9-17)27(25,26)24(3)15-22(12-13-22)20-14-23-21-7-5-4-6-19(20)21/h4-11,14,16,23H,12-13,15H2,1-3H3. The first-order valence-electron chi connectivity index (χ1n) is 9.46. The van der Waals surface area contributed by atoms with Crippen LogP contribution in [0.25, 0.3) is 10.9 Å². The number of aromatic amines is 1. The van der Waals surface area contributed by atoms with E-state index in [4.69, 9.17) is 0 Å². The van der Waals surface area contributed by atoms with Crippen molar-refractivity contribution in [2.24, 2.45) is 0 Å². The summed E-state index contributed by atoms with van der Waals surface area (Å²) in [6, 6.07) is 15.5. The topological polar surface area (TPSA) is 53.2 Å². The molecule has 0 spiro atoms. The van der Waals surface area contributed by atoms with E-state index in [9.17, 15) is 8.42 Å². The second-order valence-corrected chi connectivity index (χ2v) is 10.1. The van der Waals surface area contributed by atoms with Crippen LogP contribution >= 0.6 is 0 Å². The van der Waals surface area contributed by atoms with Crippen LogP contribution in [0.5, 0.6) is 0 Å². The van der Waals surface area contributed by atoms with Crippen LogP contribution in [0.1, 0.15) is 43.7 Å². The molecule has 0 saturated heterocycles. The fourth-order valence-corrected chi connectivity index (χ4v) is 5.15. The van der Waals surface area contributed by atoms with Gasteiger partial charge in [0, 0.05) is 36.1 Å². The number of fused-ring (bicyclic) bond motifs is 1. The number of aromatic nitrogens is 1. The summed E-state index contributed by atoms with van der Waals surface area (Å²) < 4.78 is 27.7. The molecule has 1 heterocycles. The van der Waals surface area contributed by atoms with Crippen molar-refractivity contribution in [3.63, 3.8) is 0 Å². The van der Waals surface area contributed by atoms with Crippen molar-refractivity contribution in [2.75, 3.05) is 13.6 Å². The van der Waals surface area contributed by atoms with Gasteiger partial charge in [-0.15, -0.1) is 0 Å². The minimum Gasteiger partial charge on any atom is -0.361 e. The van der Waals surface area contributed by atoms with Crippen molar-refractivity contribution in [1.29, 1.82) is 0 Å². The van der Waals surface area contributed by atoms with Crippen molar-refractivity contribution in [3.05, 3.63) is 65.9 Å². The molecule has 1 aromatic heterocycles. The van der Waals surface area contributed by atoms with Gasteiger partial charge in [-0.3, -0.25) is 0 Å². The number of likely N-dealkylation sites (N-methyl/N-ethyl adjacent to an activating group) is 1. The Morgan fingerprint density at radius 1 is 1.07 bits per heavy atom. The molecule has 0 aliphatic heterocycles. The number of nitrogens with zero attached hydrogens (tertiary/aromatic N) is 1. The van der Waals surface area contributed by atoms with Crippen molar-refractivity contribution >= 4 is 20.9 Å². The highest BCUT2D eigenvalue weighted by atomic mass is 32.2. The van der Waals surface area contributed by atoms with Crippen molar-refractivity contribution in [2.45, 2.75) is 42.9 Å². The quantitative estimate of drug-likeness (QED) is 0.675. The fraction of sp³-hybridized carbons (Fsp3) is 0.364. The average molecular weight is 383 g/mol. The average Bonchev–Trinajstić information content (AvgIpc) is 3.30. The van der Waals surface area contributed by atoms with Gasteiger partial charge >= 0.3 is 0 Å². The highest BCUT2D eigenvalue weighted by Crippen LogP contribution is 2.51. The zero-order chi connectivity index (χ0) is 19.2. The Kier molecular flexibility index (Phi) is 4.40. The molecular formula is C22H26N2O2S. The van der Waals surface area contributed by atoms with E-state index in [1.165, 1.54) is 15.3 Å². The molecule has 27 heavy (non-hydrogen) atoms. The van der Waals surface area contributed by atoms with Crippen LogP contribution in [0.4, 0.5) is 0 Å². The second kappa shape index (κ2) is 6.50. The molecule has 0 atom stereocenters. The first-order valence-corrected chi connectivity index (χ1v) is 10.9. The molecule has 0 bridgehead atoms. The van der Waals surface area contributed by atoms with Crippen molar-refractivity contribution in [3.8, 4) is 0 Å². The molecule has 1 saturated carbocycles. The molecule has 1 aliphatic carbocycles. The van der Waals surface area contributed by atoms with Gasteiger partial charge in [-0.1, -0.05) is 44.2 Å². The number of nitrogens with one attached hydrogen (secondary N) is 1. The number of H-pyrrole nitrogens is 1. The fourth-order valence-electron chi connectivity index (χ4n) is 3.89. The van der Waals surface area contributed by atoms with Gasteiger partial charge < -0.3 is 4.98 Å². The Balaban J connectivity index is 1.60. The summed E-state index contributed by atoms with van der Waals surface area (Å²) in [4.78, 5) is 3.69. The Labute approximate surface area is 161 Å². The minimum absolute atomic E-state index is 0.0840. The van der Waals surface area contributed by atoms with Gasteiger partial charge in [0.05, 0.1) is 4.90 Å². The van der Waals surface area contributed by atoms with E-state index in [2.05, 4.69) is 37.2 Å². The summed E-state index contributed by atoms with van der Waals surface area (Å²) in [7, 11) is -1.80. The number of hydrogen-bond acceptors (Lipinski definition) is 2. The molecule has 1 N–H and O–H groups in total. The lowest BCUT2D eigenvalue weighted by molar-refractivity contribution is 0.428. The maximum absolute atomic E-state index is 13.1. The van der Waals surface area contributed by atoms with Crippen LogP contribution in [-0.2, 0) is 15.4 Å². The molecule has 2 aromatic carbocycles. The van der Waals surface area contributed by atoms with E-state index in [-0.39, 0.29) is 5.41 Å². The molecule has 4 nitrogen and oxygen atoms in total. The molecule has 5 heteroatoms. The summed E-state index contributed by atoms with van der Waals surface area (Å²) in [5.74, 6) is 0.385. The van der Waals surface area contributed by atoms with Gasteiger partial charge in [0.1, 0.15) is 0 Å². The van der Waals surface area contributed by atoms with Crippen LogP contribution in [0, 0.1) is 0 Å². The van der Waals surface area contributed by atoms with Gasteiger partial charge in [0.25, 0.3) is 0 Å². The summed E-state index contributed by atoms with van der Waals surface area (Å²) in [6.07, 6.45) is 4.08. The highest BCUT2D eigenvalue weighted by Gasteiger charge is 2.48. The van der Waals surface area contributed by atoms with Gasteiger partial charge in [0.2, 0.25) is 10.0 Å². The maximum Gasteiger partial charge on any atom is 0.242 e. The molecule has 1 aliphatic rings. The predicted molar refractivity (Wildman–Crippen MR) is 110 cm³/mol. The first kappa shape index (κ1) is 18.3. The molecule has 142 valence electrons. The zero-order valence-corrected chi connectivity index (χ0v) is 16.9. The monoisotopic (exact) mass is 382 g/mol. The third-order valence-electron chi connectivity index (χ3n) is 5.79. The molecule has 4 rings (SSSR count). The lowest BCUT2D eigenvalue weighted by Crippen LogP contribution is -2.34. The number of benzene rings is 2. The third kappa shape index (κ3) is 3.19. The first-order chi connectivity index (χ1) is 12.8. The van der Waals surface area contributed by atoms with Gasteiger partial charge in [-0.25, -0.2) is 12.7 Å². The summed E-state index contributed by atoms with van der Waals surface area (Å²) in [5.41, 5.74) is 3.40. The number of para-hydroxylation sites is 1. The van der Waals surface area contributed by atoms with E-state index in [0.717, 1.165) is 23.9 Å². The smallest absolute Gasteiger partial charge is 0.242 e.